The van der Waals surface area contributed by atoms with Crippen LogP contribution in [0.3, 0.4) is 0 Å². The average Bonchev–Trinajstić information content (AvgIpc) is 2.99. The van der Waals surface area contributed by atoms with Gasteiger partial charge in [-0.3, -0.25) is 14.5 Å². The number of carbonyl (C=O) groups excluding carboxylic acids is 2. The third kappa shape index (κ3) is 3.50. The molecule has 0 spiro atoms. The summed E-state index contributed by atoms with van der Waals surface area (Å²) in [4.78, 5) is 26.1. The van der Waals surface area contributed by atoms with Crippen molar-refractivity contribution >= 4 is 11.8 Å². The van der Waals surface area contributed by atoms with Crippen LogP contribution in [-0.4, -0.2) is 47.0 Å². The fourth-order valence-corrected chi connectivity index (χ4v) is 3.04. The molecular weight excluding hydrogens is 280 g/mol. The number of hydrogen-bond acceptors (Lipinski definition) is 3. The number of nitrogens with one attached hydrogen (secondary N) is 2. The number of rotatable bonds is 5. The molecule has 1 aromatic rings. The highest BCUT2D eigenvalue weighted by Gasteiger charge is 2.29. The van der Waals surface area contributed by atoms with Gasteiger partial charge < -0.3 is 15.2 Å². The highest BCUT2D eigenvalue weighted by molar-refractivity contribution is 6.35. The van der Waals surface area contributed by atoms with Crippen LogP contribution in [0.1, 0.15) is 37.4 Å². The minimum atomic E-state index is -0.523. The summed E-state index contributed by atoms with van der Waals surface area (Å²) in [7, 11) is 2.01. The summed E-state index contributed by atoms with van der Waals surface area (Å²) in [6, 6.07) is 4.43. The topological polar surface area (TPSA) is 66.4 Å². The molecule has 2 heterocycles. The van der Waals surface area contributed by atoms with Gasteiger partial charge in [0.15, 0.2) is 0 Å². The number of amides is 2. The number of aryl methyl sites for hydroxylation is 1. The minimum Gasteiger partial charge on any atom is -0.353 e. The number of carbonyl (C=O) groups is 2. The zero-order valence-corrected chi connectivity index (χ0v) is 13.0. The molecule has 120 valence electrons. The third-order valence-electron chi connectivity index (χ3n) is 4.48. The summed E-state index contributed by atoms with van der Waals surface area (Å²) in [5.41, 5.74) is 1.17. The Labute approximate surface area is 130 Å². The Morgan fingerprint density at radius 1 is 1.27 bits per heavy atom. The van der Waals surface area contributed by atoms with Gasteiger partial charge in [-0.2, -0.15) is 0 Å². The molecule has 1 atom stereocenters. The summed E-state index contributed by atoms with van der Waals surface area (Å²) in [5, 5.41) is 5.53. The monoisotopic (exact) mass is 304 g/mol. The number of likely N-dealkylation sites (tertiary alicyclic amines) is 1. The molecule has 22 heavy (non-hydrogen) atoms. The maximum absolute atomic E-state index is 11.9. The lowest BCUT2D eigenvalue weighted by molar-refractivity contribution is -0.139. The molecule has 1 aliphatic heterocycles. The van der Waals surface area contributed by atoms with Gasteiger partial charge in [0.05, 0.1) is 6.04 Å². The van der Waals surface area contributed by atoms with E-state index < -0.39 is 11.8 Å². The Balaban J connectivity index is 1.61. The van der Waals surface area contributed by atoms with Crippen LogP contribution in [0.4, 0.5) is 0 Å². The van der Waals surface area contributed by atoms with Crippen molar-refractivity contribution in [3.63, 3.8) is 0 Å². The first-order valence-electron chi connectivity index (χ1n) is 8.09. The molecule has 2 aliphatic rings. The van der Waals surface area contributed by atoms with Crippen molar-refractivity contribution in [3.8, 4) is 0 Å². The fourth-order valence-electron chi connectivity index (χ4n) is 3.04. The van der Waals surface area contributed by atoms with Gasteiger partial charge in [0.1, 0.15) is 0 Å². The molecule has 1 aliphatic carbocycles. The number of nitrogens with zero attached hydrogens (tertiary/aromatic N) is 2. The molecule has 1 saturated heterocycles. The Hall–Kier alpha value is -1.82. The SMILES string of the molecule is Cn1cccc1C(CNC(=O)C(=O)NC1CC1)N1CCCC1. The van der Waals surface area contributed by atoms with E-state index in [0.717, 1.165) is 25.9 Å². The van der Waals surface area contributed by atoms with Crippen LogP contribution >= 0.6 is 0 Å². The summed E-state index contributed by atoms with van der Waals surface area (Å²) >= 11 is 0. The Kier molecular flexibility index (Phi) is 4.47. The van der Waals surface area contributed by atoms with Crippen LogP contribution in [0.15, 0.2) is 18.3 Å². The van der Waals surface area contributed by atoms with Gasteiger partial charge in [-0.25, -0.2) is 0 Å². The van der Waals surface area contributed by atoms with Crippen LogP contribution in [0, 0.1) is 0 Å². The van der Waals surface area contributed by atoms with E-state index >= 15 is 0 Å². The largest absolute Gasteiger partial charge is 0.353 e. The van der Waals surface area contributed by atoms with Crippen molar-refractivity contribution in [1.82, 2.24) is 20.1 Å². The van der Waals surface area contributed by atoms with Crippen LogP contribution < -0.4 is 10.6 Å². The molecule has 0 radical (unpaired) electrons. The van der Waals surface area contributed by atoms with Crippen molar-refractivity contribution in [2.24, 2.45) is 7.05 Å². The van der Waals surface area contributed by atoms with Crippen molar-refractivity contribution in [2.45, 2.75) is 37.8 Å². The first-order valence-corrected chi connectivity index (χ1v) is 8.09. The van der Waals surface area contributed by atoms with E-state index in [1.165, 1.54) is 18.5 Å². The molecule has 0 aromatic carbocycles. The number of aromatic nitrogens is 1. The van der Waals surface area contributed by atoms with Crippen molar-refractivity contribution in [2.75, 3.05) is 19.6 Å². The molecule has 2 fully saturated rings. The Morgan fingerprint density at radius 3 is 2.59 bits per heavy atom. The fraction of sp³-hybridized carbons (Fsp3) is 0.625. The normalized spacial score (nSPS) is 19.9. The van der Waals surface area contributed by atoms with Gasteiger partial charge in [0.25, 0.3) is 0 Å². The molecule has 6 heteroatoms. The minimum absolute atomic E-state index is 0.125. The molecule has 2 N–H and O–H groups in total. The van der Waals surface area contributed by atoms with Crippen LogP contribution in [0.5, 0.6) is 0 Å². The van der Waals surface area contributed by atoms with Gasteiger partial charge in [-0.1, -0.05) is 0 Å². The summed E-state index contributed by atoms with van der Waals surface area (Å²) in [5.74, 6) is -1.03. The second kappa shape index (κ2) is 6.52. The van der Waals surface area contributed by atoms with Gasteiger partial charge >= 0.3 is 11.8 Å². The lowest BCUT2D eigenvalue weighted by atomic mass is 10.1. The van der Waals surface area contributed by atoms with Crippen molar-refractivity contribution in [1.29, 1.82) is 0 Å². The smallest absolute Gasteiger partial charge is 0.309 e. The maximum Gasteiger partial charge on any atom is 0.309 e. The van der Waals surface area contributed by atoms with Gasteiger partial charge in [-0.15, -0.1) is 0 Å². The first-order chi connectivity index (χ1) is 10.6. The Bertz CT molecular complexity index is 544. The molecule has 6 nitrogen and oxygen atoms in total. The second-order valence-corrected chi connectivity index (χ2v) is 6.26. The predicted octanol–water partition coefficient (Wildman–Crippen LogP) is 0.557. The summed E-state index contributed by atoms with van der Waals surface area (Å²) in [6.07, 6.45) is 6.37. The van der Waals surface area contributed by atoms with Gasteiger partial charge in [-0.05, 0) is 50.9 Å². The summed E-state index contributed by atoms with van der Waals surface area (Å²) < 4.78 is 2.08. The van der Waals surface area contributed by atoms with Crippen molar-refractivity contribution < 1.29 is 9.59 Å². The number of hydrogen-bond donors (Lipinski definition) is 2. The van der Waals surface area contributed by atoms with E-state index in [-0.39, 0.29) is 12.1 Å². The van der Waals surface area contributed by atoms with E-state index in [1.807, 2.05) is 19.3 Å². The summed E-state index contributed by atoms with van der Waals surface area (Å²) in [6.45, 7) is 2.55. The zero-order chi connectivity index (χ0) is 15.5. The van der Waals surface area contributed by atoms with E-state index in [4.69, 9.17) is 0 Å². The van der Waals surface area contributed by atoms with E-state index in [0.29, 0.717) is 6.54 Å². The van der Waals surface area contributed by atoms with E-state index in [9.17, 15) is 9.59 Å². The molecule has 3 rings (SSSR count). The second-order valence-electron chi connectivity index (χ2n) is 6.26. The highest BCUT2D eigenvalue weighted by Crippen LogP contribution is 2.24. The standard InChI is InChI=1S/C16H24N4O2/c1-19-8-4-5-13(19)14(20-9-2-3-10-20)11-17-15(21)16(22)18-12-6-7-12/h4-5,8,12,14H,2-3,6-7,9-11H2,1H3,(H,17,21)(H,18,22). The van der Waals surface area contributed by atoms with Crippen LogP contribution in [0.2, 0.25) is 0 Å². The van der Waals surface area contributed by atoms with Gasteiger partial charge in [0, 0.05) is 31.5 Å². The molecule has 0 bridgehead atoms. The quantitative estimate of drug-likeness (QED) is 0.781. The van der Waals surface area contributed by atoms with Crippen LogP contribution in [-0.2, 0) is 16.6 Å². The Morgan fingerprint density at radius 2 is 2.00 bits per heavy atom. The lowest BCUT2D eigenvalue weighted by Crippen LogP contribution is -2.44. The average molecular weight is 304 g/mol. The highest BCUT2D eigenvalue weighted by atomic mass is 16.2. The molecule has 2 amide bonds. The molecule has 1 saturated carbocycles. The lowest BCUT2D eigenvalue weighted by Gasteiger charge is -2.28. The van der Waals surface area contributed by atoms with Crippen LogP contribution in [0.25, 0.3) is 0 Å². The van der Waals surface area contributed by atoms with E-state index in [2.05, 4.69) is 26.2 Å². The van der Waals surface area contributed by atoms with Crippen molar-refractivity contribution in [3.05, 3.63) is 24.0 Å². The molecule has 1 aromatic heterocycles. The zero-order valence-electron chi connectivity index (χ0n) is 13.0. The molecular formula is C16H24N4O2. The maximum atomic E-state index is 11.9. The predicted molar refractivity (Wildman–Crippen MR) is 83.1 cm³/mol. The van der Waals surface area contributed by atoms with Gasteiger partial charge in [0.2, 0.25) is 0 Å². The first kappa shape index (κ1) is 15.1. The van der Waals surface area contributed by atoms with E-state index in [1.54, 1.807) is 0 Å². The third-order valence-corrected chi connectivity index (χ3v) is 4.48. The molecule has 1 unspecified atom stereocenters.